The lowest BCUT2D eigenvalue weighted by atomic mass is 10.3. The second-order valence-electron chi connectivity index (χ2n) is 3.00. The number of carbonyl (C=O) groups excluding carboxylic acids is 1. The monoisotopic (exact) mass is 236 g/mol. The Balaban J connectivity index is 0.000000686. The first-order chi connectivity index (χ1) is 8.24. The van der Waals surface area contributed by atoms with Gasteiger partial charge in [-0.2, -0.15) is 0 Å². The molecule has 0 atom stereocenters. The van der Waals surface area contributed by atoms with Gasteiger partial charge in [0.15, 0.2) is 0 Å². The summed E-state index contributed by atoms with van der Waals surface area (Å²) in [6, 6.07) is 3.36. The molecule has 5 nitrogen and oxygen atoms in total. The van der Waals surface area contributed by atoms with Crippen molar-refractivity contribution < 1.29 is 9.53 Å². The van der Waals surface area contributed by atoms with E-state index in [1.54, 1.807) is 29.8 Å². The van der Waals surface area contributed by atoms with Crippen molar-refractivity contribution in [3.8, 4) is 0 Å². The van der Waals surface area contributed by atoms with Crippen LogP contribution in [-0.2, 0) is 4.74 Å². The molecule has 0 amide bonds. The van der Waals surface area contributed by atoms with Gasteiger partial charge in [0.1, 0.15) is 11.1 Å². The van der Waals surface area contributed by atoms with E-state index in [2.05, 4.69) is 5.10 Å². The molecule has 2 heterocycles. The van der Waals surface area contributed by atoms with E-state index in [1.807, 2.05) is 13.8 Å². The molecule has 2 aromatic rings. The fraction of sp³-hybridized carbons (Fsp3) is 0.333. The van der Waals surface area contributed by atoms with Crippen molar-refractivity contribution in [3.05, 3.63) is 40.3 Å². The summed E-state index contributed by atoms with van der Waals surface area (Å²) in [5.74, 6) is -0.595. The van der Waals surface area contributed by atoms with Gasteiger partial charge in [-0.1, -0.05) is 13.8 Å². The van der Waals surface area contributed by atoms with Crippen molar-refractivity contribution in [3.63, 3.8) is 0 Å². The number of H-pyrrole nitrogens is 1. The number of nitrogens with one attached hydrogen (secondary N) is 1. The fourth-order valence-corrected chi connectivity index (χ4v) is 1.38. The molecule has 92 valence electrons. The summed E-state index contributed by atoms with van der Waals surface area (Å²) >= 11 is 0. The quantitative estimate of drug-likeness (QED) is 0.809. The Kier molecular flexibility index (Phi) is 4.51. The van der Waals surface area contributed by atoms with Gasteiger partial charge in [-0.15, -0.1) is 0 Å². The smallest absolute Gasteiger partial charge is 0.343 e. The second-order valence-corrected chi connectivity index (χ2v) is 3.00. The van der Waals surface area contributed by atoms with Gasteiger partial charge in [-0.25, -0.2) is 4.79 Å². The summed E-state index contributed by atoms with van der Waals surface area (Å²) < 4.78 is 6.31. The standard InChI is InChI=1S/C10H10N2O3.C2H6/c1-2-15-10(14)7-6-11-12-5-3-4-8(12)9(7)13;1-2/h3-6,11H,2H2,1H3;1-2H3. The highest BCUT2D eigenvalue weighted by Gasteiger charge is 2.13. The van der Waals surface area contributed by atoms with Crippen LogP contribution in [-0.4, -0.2) is 22.2 Å². The zero-order valence-corrected chi connectivity index (χ0v) is 10.2. The van der Waals surface area contributed by atoms with E-state index in [9.17, 15) is 9.59 Å². The number of hydrogen-bond donors (Lipinski definition) is 1. The molecular formula is C12H16N2O3. The highest BCUT2D eigenvalue weighted by molar-refractivity contribution is 5.90. The molecule has 0 fully saturated rings. The number of rotatable bonds is 2. The van der Waals surface area contributed by atoms with E-state index >= 15 is 0 Å². The molecule has 0 radical (unpaired) electrons. The highest BCUT2D eigenvalue weighted by Crippen LogP contribution is 2.00. The van der Waals surface area contributed by atoms with Crippen molar-refractivity contribution >= 4 is 11.5 Å². The van der Waals surface area contributed by atoms with Gasteiger partial charge in [-0.05, 0) is 19.1 Å². The van der Waals surface area contributed by atoms with Gasteiger partial charge < -0.3 is 9.84 Å². The molecule has 2 aromatic heterocycles. The Labute approximate surface area is 99.0 Å². The summed E-state index contributed by atoms with van der Waals surface area (Å²) in [7, 11) is 0. The lowest BCUT2D eigenvalue weighted by Crippen LogP contribution is -2.19. The number of esters is 1. The predicted octanol–water partition coefficient (Wildman–Crippen LogP) is 1.83. The Morgan fingerprint density at radius 2 is 2.18 bits per heavy atom. The third-order valence-electron chi connectivity index (χ3n) is 2.07. The maximum atomic E-state index is 11.8. The summed E-state index contributed by atoms with van der Waals surface area (Å²) in [5.41, 5.74) is 0.140. The fourth-order valence-electron chi connectivity index (χ4n) is 1.38. The topological polar surface area (TPSA) is 63.6 Å². The van der Waals surface area contributed by atoms with Gasteiger partial charge in [0.05, 0.1) is 6.61 Å². The molecule has 0 saturated heterocycles. The van der Waals surface area contributed by atoms with E-state index < -0.39 is 5.97 Å². The van der Waals surface area contributed by atoms with Crippen molar-refractivity contribution in [1.82, 2.24) is 9.61 Å². The predicted molar refractivity (Wildman–Crippen MR) is 65.3 cm³/mol. The second kappa shape index (κ2) is 5.89. The molecule has 0 aromatic carbocycles. The first kappa shape index (κ1) is 13.0. The van der Waals surface area contributed by atoms with Crippen LogP contribution in [0.2, 0.25) is 0 Å². The number of fused-ring (bicyclic) bond motifs is 1. The van der Waals surface area contributed by atoms with E-state index in [-0.39, 0.29) is 17.6 Å². The summed E-state index contributed by atoms with van der Waals surface area (Å²) in [4.78, 5) is 23.1. The zero-order valence-electron chi connectivity index (χ0n) is 10.2. The molecule has 0 spiro atoms. The number of hydrogen-bond acceptors (Lipinski definition) is 3. The molecule has 0 saturated carbocycles. The Morgan fingerprint density at radius 1 is 1.47 bits per heavy atom. The molecule has 0 aliphatic rings. The molecular weight excluding hydrogens is 220 g/mol. The zero-order chi connectivity index (χ0) is 12.8. The lowest BCUT2D eigenvalue weighted by molar-refractivity contribution is 0.0524. The van der Waals surface area contributed by atoms with Crippen LogP contribution in [0.3, 0.4) is 0 Å². The van der Waals surface area contributed by atoms with Crippen molar-refractivity contribution in [1.29, 1.82) is 0 Å². The Bertz CT molecular complexity index is 554. The Morgan fingerprint density at radius 3 is 2.82 bits per heavy atom. The summed E-state index contributed by atoms with van der Waals surface area (Å²) in [5, 5.41) is 2.80. The number of aromatic nitrogens is 2. The van der Waals surface area contributed by atoms with Crippen molar-refractivity contribution in [2.45, 2.75) is 20.8 Å². The minimum Gasteiger partial charge on any atom is -0.462 e. The van der Waals surface area contributed by atoms with E-state index in [4.69, 9.17) is 4.74 Å². The minimum atomic E-state index is -0.595. The van der Waals surface area contributed by atoms with Gasteiger partial charge >= 0.3 is 5.97 Å². The molecule has 0 bridgehead atoms. The average molecular weight is 236 g/mol. The summed E-state index contributed by atoms with van der Waals surface area (Å²) in [6.07, 6.45) is 3.05. The number of carbonyl (C=O) groups is 1. The largest absolute Gasteiger partial charge is 0.462 e. The van der Waals surface area contributed by atoms with Crippen LogP contribution in [0.15, 0.2) is 29.3 Å². The van der Waals surface area contributed by atoms with Crippen LogP contribution >= 0.6 is 0 Å². The molecule has 0 unspecified atom stereocenters. The molecule has 0 aliphatic carbocycles. The van der Waals surface area contributed by atoms with Crippen LogP contribution in [0.1, 0.15) is 31.1 Å². The van der Waals surface area contributed by atoms with Crippen LogP contribution in [0, 0.1) is 0 Å². The first-order valence-electron chi connectivity index (χ1n) is 5.60. The molecule has 0 aliphatic heterocycles. The molecule has 2 rings (SSSR count). The highest BCUT2D eigenvalue weighted by atomic mass is 16.5. The van der Waals surface area contributed by atoms with E-state index in [1.165, 1.54) is 6.20 Å². The number of ether oxygens (including phenoxy) is 1. The van der Waals surface area contributed by atoms with Gasteiger partial charge in [0.2, 0.25) is 5.43 Å². The maximum Gasteiger partial charge on any atom is 0.343 e. The number of aromatic amines is 1. The van der Waals surface area contributed by atoms with E-state index in [0.29, 0.717) is 5.52 Å². The minimum absolute atomic E-state index is 0.0306. The third-order valence-corrected chi connectivity index (χ3v) is 2.07. The molecule has 5 heteroatoms. The first-order valence-corrected chi connectivity index (χ1v) is 5.60. The third kappa shape index (κ3) is 2.55. The van der Waals surface area contributed by atoms with Gasteiger partial charge in [-0.3, -0.25) is 9.31 Å². The Hall–Kier alpha value is -2.04. The van der Waals surface area contributed by atoms with Crippen LogP contribution < -0.4 is 5.43 Å². The molecule has 1 N–H and O–H groups in total. The number of nitrogens with zero attached hydrogens (tertiary/aromatic N) is 1. The van der Waals surface area contributed by atoms with Gasteiger partial charge in [0.25, 0.3) is 0 Å². The van der Waals surface area contributed by atoms with Crippen LogP contribution in [0.5, 0.6) is 0 Å². The average Bonchev–Trinajstić information content (AvgIpc) is 2.81. The van der Waals surface area contributed by atoms with E-state index in [0.717, 1.165) is 0 Å². The van der Waals surface area contributed by atoms with Crippen molar-refractivity contribution in [2.75, 3.05) is 6.61 Å². The normalized spacial score (nSPS) is 9.59. The van der Waals surface area contributed by atoms with Crippen LogP contribution in [0.25, 0.3) is 5.52 Å². The van der Waals surface area contributed by atoms with Crippen molar-refractivity contribution in [2.24, 2.45) is 0 Å². The summed E-state index contributed by atoms with van der Waals surface area (Å²) in [6.45, 7) is 5.95. The van der Waals surface area contributed by atoms with Gasteiger partial charge in [0, 0.05) is 12.4 Å². The lowest BCUT2D eigenvalue weighted by Gasteiger charge is -2.01. The maximum absolute atomic E-state index is 11.8. The molecule has 17 heavy (non-hydrogen) atoms. The SMILES string of the molecule is CC.CCOC(=O)c1c[nH]n2cccc2c1=O. The van der Waals surface area contributed by atoms with Crippen LogP contribution in [0.4, 0.5) is 0 Å².